The van der Waals surface area contributed by atoms with Crippen LogP contribution < -0.4 is 10.9 Å². The van der Waals surface area contributed by atoms with E-state index in [1.807, 2.05) is 18.2 Å². The zero-order chi connectivity index (χ0) is 18.7. The molecule has 3 rings (SSSR count). The highest BCUT2D eigenvalue weighted by Gasteiger charge is 2.20. The van der Waals surface area contributed by atoms with Crippen LogP contribution in [0.1, 0.15) is 31.5 Å². The van der Waals surface area contributed by atoms with E-state index in [4.69, 9.17) is 9.72 Å². The summed E-state index contributed by atoms with van der Waals surface area (Å²) in [7, 11) is -1.13. The van der Waals surface area contributed by atoms with Gasteiger partial charge in [0.1, 0.15) is 6.73 Å². The molecule has 0 radical (unpaired) electrons. The molecule has 1 aliphatic rings. The quantitative estimate of drug-likeness (QED) is 0.619. The summed E-state index contributed by atoms with van der Waals surface area (Å²) in [6.45, 7) is 11.3. The number of rotatable bonds is 6. The number of aromatic nitrogens is 2. The van der Waals surface area contributed by atoms with Crippen LogP contribution in [0.2, 0.25) is 25.7 Å². The van der Waals surface area contributed by atoms with Gasteiger partial charge in [-0.05, 0) is 49.5 Å². The lowest BCUT2D eigenvalue weighted by atomic mass is 9.94. The molecule has 1 saturated heterocycles. The molecule has 3 heterocycles. The van der Waals surface area contributed by atoms with Gasteiger partial charge in [0, 0.05) is 26.8 Å². The van der Waals surface area contributed by atoms with Gasteiger partial charge < -0.3 is 10.1 Å². The molecule has 0 aromatic carbocycles. The first-order valence-corrected chi connectivity index (χ1v) is 13.4. The van der Waals surface area contributed by atoms with Crippen LogP contribution in [0.5, 0.6) is 0 Å². The Hall–Kier alpha value is -1.50. The molecule has 0 aliphatic carbocycles. The third-order valence-electron chi connectivity index (χ3n) is 5.10. The maximum Gasteiger partial charge on any atom is 0.253 e. The van der Waals surface area contributed by atoms with Crippen molar-refractivity contribution >= 4 is 19.1 Å². The summed E-state index contributed by atoms with van der Waals surface area (Å²) in [4.78, 5) is 17.1. The van der Waals surface area contributed by atoms with E-state index in [2.05, 4.69) is 31.9 Å². The fraction of sp³-hybridized carbons (Fsp3) is 0.600. The molecule has 1 fully saturated rings. The molecule has 0 spiro atoms. The molecule has 0 amide bonds. The first-order valence-electron chi connectivity index (χ1n) is 9.65. The molecule has 26 heavy (non-hydrogen) atoms. The smallest absolute Gasteiger partial charge is 0.253 e. The lowest BCUT2D eigenvalue weighted by molar-refractivity contribution is 0.0878. The fourth-order valence-corrected chi connectivity index (χ4v) is 4.06. The van der Waals surface area contributed by atoms with Crippen LogP contribution >= 0.6 is 0 Å². The molecule has 1 N–H and O–H groups in total. The topological polar surface area (TPSA) is 56.2 Å². The van der Waals surface area contributed by atoms with E-state index in [1.165, 1.54) is 6.42 Å². The second kappa shape index (κ2) is 8.02. The molecule has 2 unspecified atom stereocenters. The molecule has 2 aromatic rings. The van der Waals surface area contributed by atoms with Crippen LogP contribution in [0.4, 0.5) is 0 Å². The van der Waals surface area contributed by atoms with Gasteiger partial charge in [-0.1, -0.05) is 26.6 Å². The average molecular weight is 374 g/mol. The van der Waals surface area contributed by atoms with E-state index in [9.17, 15) is 4.79 Å². The van der Waals surface area contributed by atoms with Gasteiger partial charge in [0.25, 0.3) is 5.56 Å². The first-order chi connectivity index (χ1) is 12.3. The summed E-state index contributed by atoms with van der Waals surface area (Å²) in [6.07, 6.45) is 2.33. The Labute approximate surface area is 156 Å². The average Bonchev–Trinajstić information content (AvgIpc) is 2.59. The van der Waals surface area contributed by atoms with E-state index >= 15 is 0 Å². The fourth-order valence-electron chi connectivity index (χ4n) is 3.31. The van der Waals surface area contributed by atoms with Crippen LogP contribution in [0.25, 0.3) is 11.0 Å². The van der Waals surface area contributed by atoms with Gasteiger partial charge in [0.15, 0.2) is 0 Å². The number of nitrogens with zero attached hydrogens (tertiary/aromatic N) is 2. The van der Waals surface area contributed by atoms with Crippen molar-refractivity contribution in [1.82, 2.24) is 14.9 Å². The lowest BCUT2D eigenvalue weighted by Gasteiger charge is -2.27. The van der Waals surface area contributed by atoms with E-state index in [0.29, 0.717) is 19.4 Å². The Balaban J connectivity index is 1.77. The number of ether oxygens (including phenoxy) is 1. The van der Waals surface area contributed by atoms with Gasteiger partial charge in [0.05, 0.1) is 16.7 Å². The van der Waals surface area contributed by atoms with Crippen LogP contribution in [-0.2, 0) is 11.5 Å². The third-order valence-corrected chi connectivity index (χ3v) is 6.80. The molecule has 0 saturated carbocycles. The van der Waals surface area contributed by atoms with Crippen molar-refractivity contribution in [3.05, 3.63) is 40.3 Å². The van der Waals surface area contributed by atoms with Gasteiger partial charge in [-0.3, -0.25) is 9.36 Å². The van der Waals surface area contributed by atoms with Crippen molar-refractivity contribution in [2.45, 2.75) is 58.2 Å². The van der Waals surface area contributed by atoms with Crippen LogP contribution in [0.3, 0.4) is 0 Å². The molecule has 2 atom stereocenters. The summed E-state index contributed by atoms with van der Waals surface area (Å²) in [6, 6.07) is 8.89. The largest absolute Gasteiger partial charge is 0.361 e. The number of hydrogen-bond donors (Lipinski definition) is 1. The molecule has 5 nitrogen and oxygen atoms in total. The Kier molecular flexibility index (Phi) is 5.95. The minimum absolute atomic E-state index is 0.0373. The van der Waals surface area contributed by atoms with Gasteiger partial charge in [-0.2, -0.15) is 0 Å². The molecule has 2 aromatic heterocycles. The Bertz CT molecular complexity index is 805. The van der Waals surface area contributed by atoms with E-state index in [0.717, 1.165) is 41.7 Å². The highest BCUT2D eigenvalue weighted by atomic mass is 28.3. The number of nitrogens with one attached hydrogen (secondary N) is 1. The van der Waals surface area contributed by atoms with Crippen molar-refractivity contribution < 1.29 is 4.74 Å². The summed E-state index contributed by atoms with van der Waals surface area (Å²) in [5.74, 6) is 0.727. The van der Waals surface area contributed by atoms with Gasteiger partial charge in [-0.15, -0.1) is 0 Å². The van der Waals surface area contributed by atoms with E-state index in [-0.39, 0.29) is 5.56 Å². The number of piperidine rings is 1. The summed E-state index contributed by atoms with van der Waals surface area (Å²) < 4.78 is 7.49. The predicted molar refractivity (Wildman–Crippen MR) is 109 cm³/mol. The molecule has 0 bridgehead atoms. The van der Waals surface area contributed by atoms with Crippen molar-refractivity contribution in [3.8, 4) is 0 Å². The highest BCUT2D eigenvalue weighted by Crippen LogP contribution is 2.25. The minimum atomic E-state index is -1.13. The third kappa shape index (κ3) is 4.81. The zero-order valence-corrected chi connectivity index (χ0v) is 17.4. The predicted octanol–water partition coefficient (Wildman–Crippen LogP) is 3.77. The SMILES string of the molecule is CC1CCC(c2ccc3c(ccc(=O)n3COCC[Si](C)(C)C)n2)NC1. The normalized spacial score (nSPS) is 21.2. The molecular formula is C20H31N3O2Si. The summed E-state index contributed by atoms with van der Waals surface area (Å²) in [5, 5.41) is 3.58. The summed E-state index contributed by atoms with van der Waals surface area (Å²) >= 11 is 0. The lowest BCUT2D eigenvalue weighted by Crippen LogP contribution is -2.32. The number of pyridine rings is 2. The second-order valence-electron chi connectivity index (χ2n) is 8.73. The van der Waals surface area contributed by atoms with Gasteiger partial charge >= 0.3 is 0 Å². The van der Waals surface area contributed by atoms with Gasteiger partial charge in [-0.25, -0.2) is 4.98 Å². The van der Waals surface area contributed by atoms with Crippen molar-refractivity contribution in [2.24, 2.45) is 5.92 Å². The standard InChI is InChI=1S/C20H31N3O2Si/c1-15-5-6-16(21-13-15)17-7-9-19-18(22-17)8-10-20(24)23(19)14-25-11-12-26(2,3)4/h7-10,15-16,21H,5-6,11-14H2,1-4H3. The summed E-state index contributed by atoms with van der Waals surface area (Å²) in [5.41, 5.74) is 2.73. The second-order valence-corrected chi connectivity index (χ2v) is 14.4. The highest BCUT2D eigenvalue weighted by molar-refractivity contribution is 6.76. The first kappa shape index (κ1) is 19.3. The van der Waals surface area contributed by atoms with Crippen molar-refractivity contribution in [1.29, 1.82) is 0 Å². The van der Waals surface area contributed by atoms with Crippen LogP contribution in [0.15, 0.2) is 29.1 Å². The minimum Gasteiger partial charge on any atom is -0.361 e. The molecule has 6 heteroatoms. The maximum atomic E-state index is 12.3. The Morgan fingerprint density at radius 2 is 2.04 bits per heavy atom. The Morgan fingerprint density at radius 1 is 1.23 bits per heavy atom. The zero-order valence-electron chi connectivity index (χ0n) is 16.4. The molecule has 1 aliphatic heterocycles. The van der Waals surface area contributed by atoms with E-state index < -0.39 is 8.07 Å². The Morgan fingerprint density at radius 3 is 2.73 bits per heavy atom. The number of fused-ring (bicyclic) bond motifs is 1. The molecular weight excluding hydrogens is 342 g/mol. The van der Waals surface area contributed by atoms with Crippen LogP contribution in [-0.4, -0.2) is 30.8 Å². The molecule has 142 valence electrons. The van der Waals surface area contributed by atoms with Gasteiger partial charge in [0.2, 0.25) is 0 Å². The van der Waals surface area contributed by atoms with Crippen molar-refractivity contribution in [3.63, 3.8) is 0 Å². The number of hydrogen-bond acceptors (Lipinski definition) is 4. The van der Waals surface area contributed by atoms with E-state index in [1.54, 1.807) is 10.6 Å². The monoisotopic (exact) mass is 373 g/mol. The maximum absolute atomic E-state index is 12.3. The van der Waals surface area contributed by atoms with Crippen molar-refractivity contribution in [2.75, 3.05) is 13.2 Å². The van der Waals surface area contributed by atoms with Crippen LogP contribution in [0, 0.1) is 5.92 Å².